The van der Waals surface area contributed by atoms with Gasteiger partial charge in [0.25, 0.3) is 5.91 Å². The predicted octanol–water partition coefficient (Wildman–Crippen LogP) is 2.64. The molecule has 0 spiro atoms. The first kappa shape index (κ1) is 16.6. The minimum absolute atomic E-state index is 0.00348. The molecule has 1 aliphatic rings. The van der Waals surface area contributed by atoms with Crippen LogP contribution in [0, 0.1) is 12.8 Å². The summed E-state index contributed by atoms with van der Waals surface area (Å²) in [7, 11) is 0. The molecule has 2 heterocycles. The third kappa shape index (κ3) is 3.31. The summed E-state index contributed by atoms with van der Waals surface area (Å²) in [5.41, 5.74) is 3.68. The number of aromatic nitrogens is 2. The third-order valence-electron chi connectivity index (χ3n) is 4.14. The quantitative estimate of drug-likeness (QED) is 0.929. The zero-order valence-electron chi connectivity index (χ0n) is 14.0. The predicted molar refractivity (Wildman–Crippen MR) is 93.0 cm³/mol. The van der Waals surface area contributed by atoms with Crippen molar-refractivity contribution in [2.45, 2.75) is 33.7 Å². The van der Waals surface area contributed by atoms with Gasteiger partial charge in [0.2, 0.25) is 5.91 Å². The highest BCUT2D eigenvalue weighted by atomic mass is 32.1. The molecule has 2 aromatic rings. The van der Waals surface area contributed by atoms with E-state index in [0.717, 1.165) is 35.7 Å². The molecule has 6 nitrogen and oxygen atoms in total. The van der Waals surface area contributed by atoms with Crippen molar-refractivity contribution in [1.29, 1.82) is 0 Å². The fourth-order valence-corrected chi connectivity index (χ4v) is 3.37. The maximum absolute atomic E-state index is 12.3. The van der Waals surface area contributed by atoms with Crippen molar-refractivity contribution in [1.82, 2.24) is 14.5 Å². The molecule has 0 radical (unpaired) electrons. The molecule has 3 rings (SSSR count). The van der Waals surface area contributed by atoms with Crippen LogP contribution in [0.5, 0.6) is 0 Å². The molecular formula is C17H20N4O2S. The Labute approximate surface area is 145 Å². The van der Waals surface area contributed by atoms with Gasteiger partial charge < -0.3 is 10.2 Å². The van der Waals surface area contributed by atoms with E-state index >= 15 is 0 Å². The summed E-state index contributed by atoms with van der Waals surface area (Å²) in [5.74, 6) is -0.0361. The van der Waals surface area contributed by atoms with E-state index < -0.39 is 0 Å². The Kier molecular flexibility index (Phi) is 4.62. The second-order valence-corrected chi connectivity index (χ2v) is 7.04. The number of hydrogen-bond acceptors (Lipinski definition) is 5. The lowest BCUT2D eigenvalue weighted by Gasteiger charge is -2.30. The number of carbonyl (C=O) groups is 2. The molecule has 0 bridgehead atoms. The van der Waals surface area contributed by atoms with Crippen LogP contribution in [0.2, 0.25) is 0 Å². The van der Waals surface area contributed by atoms with Crippen LogP contribution in [-0.4, -0.2) is 32.8 Å². The molecule has 1 aromatic heterocycles. The minimum Gasteiger partial charge on any atom is -0.338 e. The molecule has 24 heavy (non-hydrogen) atoms. The number of anilines is 1. The van der Waals surface area contributed by atoms with Gasteiger partial charge in [-0.1, -0.05) is 24.4 Å². The number of hydrogen-bond donors (Lipinski definition) is 1. The molecular weight excluding hydrogens is 324 g/mol. The van der Waals surface area contributed by atoms with Gasteiger partial charge in [0.1, 0.15) is 4.88 Å². The van der Waals surface area contributed by atoms with Crippen LogP contribution in [0.15, 0.2) is 18.2 Å². The topological polar surface area (TPSA) is 75.2 Å². The van der Waals surface area contributed by atoms with Gasteiger partial charge in [0.05, 0.1) is 5.69 Å². The van der Waals surface area contributed by atoms with Gasteiger partial charge in [-0.15, -0.1) is 5.10 Å². The fourth-order valence-electron chi connectivity index (χ4n) is 2.82. The summed E-state index contributed by atoms with van der Waals surface area (Å²) in [6.07, 6.45) is 0.847. The van der Waals surface area contributed by atoms with E-state index in [2.05, 4.69) is 14.9 Å². The van der Waals surface area contributed by atoms with Crippen LogP contribution < -0.4 is 5.32 Å². The van der Waals surface area contributed by atoms with E-state index in [9.17, 15) is 9.59 Å². The zero-order chi connectivity index (χ0) is 17.3. The fraction of sp³-hybridized carbons (Fsp3) is 0.412. The highest BCUT2D eigenvalue weighted by Crippen LogP contribution is 2.24. The van der Waals surface area contributed by atoms with E-state index in [4.69, 9.17) is 0 Å². The number of nitrogens with zero attached hydrogens (tertiary/aromatic N) is 3. The van der Waals surface area contributed by atoms with Crippen molar-refractivity contribution in [2.75, 3.05) is 11.9 Å². The van der Waals surface area contributed by atoms with Crippen LogP contribution in [0.3, 0.4) is 0 Å². The van der Waals surface area contributed by atoms with E-state index in [1.54, 1.807) is 6.92 Å². The van der Waals surface area contributed by atoms with Gasteiger partial charge in [-0.3, -0.25) is 9.59 Å². The van der Waals surface area contributed by atoms with Crippen LogP contribution in [-0.2, 0) is 17.8 Å². The lowest BCUT2D eigenvalue weighted by atomic mass is 9.98. The molecule has 0 saturated carbocycles. The van der Waals surface area contributed by atoms with Crippen molar-refractivity contribution >= 4 is 29.0 Å². The molecule has 126 valence electrons. The summed E-state index contributed by atoms with van der Waals surface area (Å²) < 4.78 is 3.79. The Morgan fingerprint density at radius 1 is 1.29 bits per heavy atom. The first-order valence-electron chi connectivity index (χ1n) is 7.96. The number of carbonyl (C=O) groups excluding carboxylic acids is 2. The van der Waals surface area contributed by atoms with Crippen molar-refractivity contribution in [3.8, 4) is 0 Å². The Morgan fingerprint density at radius 3 is 2.75 bits per heavy atom. The van der Waals surface area contributed by atoms with Crippen LogP contribution in [0.25, 0.3) is 0 Å². The molecule has 0 aliphatic carbocycles. The summed E-state index contributed by atoms with van der Waals surface area (Å²) in [5, 5.41) is 6.75. The van der Waals surface area contributed by atoms with Crippen LogP contribution in [0.4, 0.5) is 5.69 Å². The van der Waals surface area contributed by atoms with E-state index in [0.29, 0.717) is 17.1 Å². The molecule has 0 saturated heterocycles. The standard InChI is InChI=1S/C17H20N4O2S/c1-10(2)17(23)21-7-6-12-4-5-14(8-13(12)9-21)18-16(22)15-11(3)19-20-24-15/h4-5,8,10H,6-7,9H2,1-3H3,(H,18,22). The Balaban J connectivity index is 1.76. The normalized spacial score (nSPS) is 13.8. The second-order valence-electron chi connectivity index (χ2n) is 6.29. The second kappa shape index (κ2) is 6.68. The Bertz CT molecular complexity index is 785. The molecule has 0 unspecified atom stereocenters. The van der Waals surface area contributed by atoms with Crippen molar-refractivity contribution in [2.24, 2.45) is 5.92 Å². The van der Waals surface area contributed by atoms with E-state index in [1.807, 2.05) is 36.9 Å². The minimum atomic E-state index is -0.201. The van der Waals surface area contributed by atoms with Crippen LogP contribution >= 0.6 is 11.5 Å². The van der Waals surface area contributed by atoms with Crippen molar-refractivity contribution in [3.05, 3.63) is 39.9 Å². The SMILES string of the molecule is Cc1nnsc1C(=O)Nc1ccc2c(c1)CN(C(=O)C(C)C)CC2. The molecule has 1 aromatic carbocycles. The average Bonchev–Trinajstić information content (AvgIpc) is 2.99. The first-order valence-corrected chi connectivity index (χ1v) is 8.74. The number of aryl methyl sites for hydroxylation is 1. The average molecular weight is 344 g/mol. The van der Waals surface area contributed by atoms with E-state index in [-0.39, 0.29) is 17.7 Å². The summed E-state index contributed by atoms with van der Waals surface area (Å²) in [6.45, 7) is 6.94. The lowest BCUT2D eigenvalue weighted by Crippen LogP contribution is -2.38. The highest BCUT2D eigenvalue weighted by Gasteiger charge is 2.23. The molecule has 0 fully saturated rings. The molecule has 2 amide bonds. The molecule has 1 N–H and O–H groups in total. The van der Waals surface area contributed by atoms with Gasteiger partial charge >= 0.3 is 0 Å². The monoisotopic (exact) mass is 344 g/mol. The van der Waals surface area contributed by atoms with Crippen molar-refractivity contribution in [3.63, 3.8) is 0 Å². The molecule has 1 aliphatic heterocycles. The van der Waals surface area contributed by atoms with E-state index in [1.165, 1.54) is 5.56 Å². The van der Waals surface area contributed by atoms with Gasteiger partial charge in [-0.25, -0.2) is 0 Å². The van der Waals surface area contributed by atoms with Gasteiger partial charge in [0.15, 0.2) is 0 Å². The van der Waals surface area contributed by atoms with Gasteiger partial charge in [0, 0.05) is 24.7 Å². The number of rotatable bonds is 3. The summed E-state index contributed by atoms with van der Waals surface area (Å²) >= 11 is 1.09. The number of nitrogens with one attached hydrogen (secondary N) is 1. The van der Waals surface area contributed by atoms with Crippen molar-refractivity contribution < 1.29 is 9.59 Å². The Hall–Kier alpha value is -2.28. The molecule has 7 heteroatoms. The number of benzene rings is 1. The lowest BCUT2D eigenvalue weighted by molar-refractivity contribution is -0.135. The summed E-state index contributed by atoms with van der Waals surface area (Å²) in [6, 6.07) is 5.89. The third-order valence-corrected chi connectivity index (χ3v) is 4.97. The summed E-state index contributed by atoms with van der Waals surface area (Å²) in [4.78, 5) is 26.9. The maximum atomic E-state index is 12.3. The van der Waals surface area contributed by atoms with Gasteiger partial charge in [-0.05, 0) is 48.1 Å². The zero-order valence-corrected chi connectivity index (χ0v) is 14.8. The molecule has 0 atom stereocenters. The Morgan fingerprint density at radius 2 is 2.08 bits per heavy atom. The largest absolute Gasteiger partial charge is 0.338 e. The smallest absolute Gasteiger partial charge is 0.269 e. The van der Waals surface area contributed by atoms with Gasteiger partial charge in [-0.2, -0.15) is 0 Å². The number of fused-ring (bicyclic) bond motifs is 1. The number of amides is 2. The maximum Gasteiger partial charge on any atom is 0.269 e. The first-order chi connectivity index (χ1) is 11.5. The van der Waals surface area contributed by atoms with Crippen LogP contribution in [0.1, 0.15) is 40.3 Å². The highest BCUT2D eigenvalue weighted by molar-refractivity contribution is 7.08.